The molecule has 0 aliphatic heterocycles. The van der Waals surface area contributed by atoms with E-state index in [1.165, 1.54) is 5.38 Å². The minimum atomic E-state index is -3.96. The van der Waals surface area contributed by atoms with Crippen molar-refractivity contribution in [2.24, 2.45) is 0 Å². The third kappa shape index (κ3) is 3.17. The minimum absolute atomic E-state index is 0.124. The van der Waals surface area contributed by atoms with Gasteiger partial charge in [-0.2, -0.15) is 0 Å². The lowest BCUT2D eigenvalue weighted by molar-refractivity contribution is 0.0661. The molecule has 0 saturated heterocycles. The van der Waals surface area contributed by atoms with Crippen LogP contribution in [0.15, 0.2) is 30.2 Å². The van der Waals surface area contributed by atoms with Crippen LogP contribution in [-0.2, 0) is 16.6 Å². The molecule has 0 aliphatic carbocycles. The highest BCUT2D eigenvalue weighted by Crippen LogP contribution is 2.26. The summed E-state index contributed by atoms with van der Waals surface area (Å²) in [5.74, 6) is -1.88. The van der Waals surface area contributed by atoms with E-state index in [1.54, 1.807) is 0 Å². The van der Waals surface area contributed by atoms with E-state index < -0.39 is 21.8 Å². The molecule has 0 bridgehead atoms. The molecule has 8 nitrogen and oxygen atoms in total. The number of aromatic amines is 1. The molecule has 2 heterocycles. The number of sulfonamides is 1. The molecule has 0 aromatic carbocycles. The summed E-state index contributed by atoms with van der Waals surface area (Å²) >= 11 is 3.76. The third-order valence-corrected chi connectivity index (χ3v) is 5.16. The smallest absolute Gasteiger partial charge is 0.371 e. The number of carboxylic acids is 1. The molecule has 0 atom stereocenters. The first kappa shape index (κ1) is 15.0. The van der Waals surface area contributed by atoms with Gasteiger partial charge in [-0.25, -0.2) is 17.9 Å². The van der Waals surface area contributed by atoms with Crippen molar-refractivity contribution in [3.8, 4) is 0 Å². The Kier molecular flexibility index (Phi) is 4.13. The molecule has 0 fully saturated rings. The molecule has 2 aromatic rings. The fraction of sp³-hybridized carbons (Fsp3) is 0.111. The second kappa shape index (κ2) is 5.52. The van der Waals surface area contributed by atoms with Crippen LogP contribution in [0.4, 0.5) is 0 Å². The normalized spacial score (nSPS) is 11.7. The number of carbonyl (C=O) groups is 1. The van der Waals surface area contributed by atoms with Gasteiger partial charge in [0.25, 0.3) is 0 Å². The van der Waals surface area contributed by atoms with Gasteiger partial charge in [0.1, 0.15) is 4.90 Å². The van der Waals surface area contributed by atoms with Gasteiger partial charge in [-0.15, -0.1) is 0 Å². The summed E-state index contributed by atoms with van der Waals surface area (Å²) in [5, 5.41) is 10.2. The van der Waals surface area contributed by atoms with Crippen molar-refractivity contribution in [1.82, 2.24) is 9.71 Å². The van der Waals surface area contributed by atoms with Crippen LogP contribution in [0.5, 0.6) is 0 Å². The number of thiazole rings is 1. The molecule has 20 heavy (non-hydrogen) atoms. The van der Waals surface area contributed by atoms with E-state index in [9.17, 15) is 18.0 Å². The molecule has 0 unspecified atom stereocenters. The number of carboxylic acid groups (broad SMARTS) is 1. The molecular formula is C9H7BrN2O6S2. The first-order valence-corrected chi connectivity index (χ1v) is 8.14. The van der Waals surface area contributed by atoms with Crippen LogP contribution in [0.2, 0.25) is 0 Å². The largest absolute Gasteiger partial charge is 0.475 e. The number of hydrogen-bond donors (Lipinski definition) is 3. The van der Waals surface area contributed by atoms with Crippen molar-refractivity contribution in [2.45, 2.75) is 11.4 Å². The van der Waals surface area contributed by atoms with Crippen LogP contribution >= 0.6 is 27.3 Å². The average Bonchev–Trinajstić information content (AvgIpc) is 2.93. The van der Waals surface area contributed by atoms with Gasteiger partial charge in [-0.3, -0.25) is 4.79 Å². The van der Waals surface area contributed by atoms with Gasteiger partial charge >= 0.3 is 10.8 Å². The molecule has 0 aliphatic rings. The zero-order valence-corrected chi connectivity index (χ0v) is 12.8. The molecule has 0 saturated carbocycles. The van der Waals surface area contributed by atoms with Crippen LogP contribution < -0.4 is 9.60 Å². The summed E-state index contributed by atoms with van der Waals surface area (Å²) in [7, 11) is -3.96. The van der Waals surface area contributed by atoms with Gasteiger partial charge in [0.15, 0.2) is 4.67 Å². The maximum absolute atomic E-state index is 12.0. The van der Waals surface area contributed by atoms with Gasteiger partial charge in [-0.1, -0.05) is 11.3 Å². The number of nitrogens with one attached hydrogen (secondary N) is 2. The Morgan fingerprint density at radius 3 is 2.75 bits per heavy atom. The summed E-state index contributed by atoms with van der Waals surface area (Å²) in [6.07, 6.45) is 0. The van der Waals surface area contributed by atoms with Crippen LogP contribution in [0.25, 0.3) is 0 Å². The number of rotatable bonds is 5. The van der Waals surface area contributed by atoms with Gasteiger partial charge in [0.2, 0.25) is 15.8 Å². The molecule has 0 spiro atoms. The van der Waals surface area contributed by atoms with Gasteiger partial charge < -0.3 is 14.5 Å². The topological polar surface area (TPSA) is 129 Å². The number of aromatic carboxylic acids is 1. The van der Waals surface area contributed by atoms with Crippen molar-refractivity contribution in [3.05, 3.63) is 37.2 Å². The maximum atomic E-state index is 12.0. The SMILES string of the molecule is O=C(O)c1cc(S(=O)(=O)NCc2csc(=O)[nH]2)c(Br)o1. The second-order valence-corrected chi connectivity index (χ2v) is 6.85. The van der Waals surface area contributed by atoms with E-state index in [2.05, 4.69) is 25.6 Å². The van der Waals surface area contributed by atoms with E-state index >= 15 is 0 Å². The Balaban J connectivity index is 2.22. The number of aromatic nitrogens is 1. The highest BCUT2D eigenvalue weighted by molar-refractivity contribution is 9.10. The molecule has 0 amide bonds. The van der Waals surface area contributed by atoms with Crippen molar-refractivity contribution >= 4 is 43.3 Å². The summed E-state index contributed by atoms with van der Waals surface area (Å²) < 4.78 is 30.8. The third-order valence-electron chi connectivity index (χ3n) is 2.18. The number of halogens is 1. The Morgan fingerprint density at radius 1 is 1.55 bits per heavy atom. The van der Waals surface area contributed by atoms with Gasteiger partial charge in [0, 0.05) is 17.1 Å². The predicted molar refractivity (Wildman–Crippen MR) is 72.3 cm³/mol. The van der Waals surface area contributed by atoms with Crippen molar-refractivity contribution in [1.29, 1.82) is 0 Å². The molecule has 11 heteroatoms. The summed E-state index contributed by atoms with van der Waals surface area (Å²) in [6.45, 7) is -0.124. The lowest BCUT2D eigenvalue weighted by atomic mass is 10.5. The van der Waals surface area contributed by atoms with E-state index in [0.29, 0.717) is 5.69 Å². The molecular weight excluding hydrogens is 376 g/mol. The number of furan rings is 1. The Hall–Kier alpha value is -1.43. The van der Waals surface area contributed by atoms with E-state index in [0.717, 1.165) is 17.4 Å². The molecule has 108 valence electrons. The summed E-state index contributed by atoms with van der Waals surface area (Å²) in [4.78, 5) is 23.4. The monoisotopic (exact) mass is 382 g/mol. The molecule has 2 rings (SSSR count). The Bertz CT molecular complexity index is 803. The van der Waals surface area contributed by atoms with Gasteiger partial charge in [-0.05, 0) is 15.9 Å². The Labute approximate surface area is 124 Å². The maximum Gasteiger partial charge on any atom is 0.371 e. The highest BCUT2D eigenvalue weighted by Gasteiger charge is 2.24. The first-order chi connectivity index (χ1) is 9.29. The first-order valence-electron chi connectivity index (χ1n) is 4.98. The van der Waals surface area contributed by atoms with E-state index in [-0.39, 0.29) is 21.0 Å². The van der Waals surface area contributed by atoms with Crippen LogP contribution in [-0.4, -0.2) is 24.5 Å². The Morgan fingerprint density at radius 2 is 2.25 bits per heavy atom. The van der Waals surface area contributed by atoms with Crippen molar-refractivity contribution < 1.29 is 22.7 Å². The molecule has 3 N–H and O–H groups in total. The highest BCUT2D eigenvalue weighted by atomic mass is 79.9. The zero-order chi connectivity index (χ0) is 14.9. The summed E-state index contributed by atoms with van der Waals surface area (Å²) in [6, 6.07) is 0.894. The van der Waals surface area contributed by atoms with Crippen molar-refractivity contribution in [2.75, 3.05) is 0 Å². The van der Waals surface area contributed by atoms with Crippen LogP contribution in [0, 0.1) is 0 Å². The molecule has 2 aromatic heterocycles. The zero-order valence-electron chi connectivity index (χ0n) is 9.54. The van der Waals surface area contributed by atoms with E-state index in [1.807, 2.05) is 0 Å². The summed E-state index contributed by atoms with van der Waals surface area (Å²) in [5.41, 5.74) is 0.404. The van der Waals surface area contributed by atoms with Crippen LogP contribution in [0.1, 0.15) is 16.2 Å². The van der Waals surface area contributed by atoms with Crippen LogP contribution in [0.3, 0.4) is 0 Å². The second-order valence-electron chi connectivity index (χ2n) is 3.55. The lowest BCUT2D eigenvalue weighted by Crippen LogP contribution is -2.23. The standard InChI is InChI=1S/C9H7BrN2O6S2/c10-7-6(1-5(18-7)8(13)14)20(16,17)11-2-4-3-19-9(15)12-4/h1,3,11H,2H2,(H,12,15)(H,13,14). The average molecular weight is 383 g/mol. The fourth-order valence-corrected chi connectivity index (χ4v) is 3.82. The minimum Gasteiger partial charge on any atom is -0.475 e. The quantitative estimate of drug-likeness (QED) is 0.706. The van der Waals surface area contributed by atoms with Gasteiger partial charge in [0.05, 0.1) is 6.54 Å². The number of hydrogen-bond acceptors (Lipinski definition) is 6. The van der Waals surface area contributed by atoms with Crippen molar-refractivity contribution in [3.63, 3.8) is 0 Å². The fourth-order valence-electron chi connectivity index (χ4n) is 1.29. The lowest BCUT2D eigenvalue weighted by Gasteiger charge is -2.03. The number of H-pyrrole nitrogens is 1. The molecule has 0 radical (unpaired) electrons. The predicted octanol–water partition coefficient (Wildman–Crippen LogP) is 0.969. The van der Waals surface area contributed by atoms with E-state index in [4.69, 9.17) is 9.52 Å².